The molecular formula is C26H40N2O8. The van der Waals surface area contributed by atoms with Gasteiger partial charge in [0, 0.05) is 19.3 Å². The number of carbonyl (C=O) groups excluding carboxylic acids is 3. The van der Waals surface area contributed by atoms with Gasteiger partial charge in [-0.1, -0.05) is 20.3 Å². The molecule has 0 N–H and O–H groups in total. The Morgan fingerprint density at radius 2 is 1.69 bits per heavy atom. The van der Waals surface area contributed by atoms with Crippen LogP contribution < -0.4 is 10.2 Å². The van der Waals surface area contributed by atoms with Crippen LogP contribution in [0.25, 0.3) is 0 Å². The summed E-state index contributed by atoms with van der Waals surface area (Å²) in [6, 6.07) is -0.343. The van der Waals surface area contributed by atoms with Crippen LogP contribution >= 0.6 is 0 Å². The van der Waals surface area contributed by atoms with Gasteiger partial charge < -0.3 is 28.4 Å². The molecule has 1 aliphatic rings. The van der Waals surface area contributed by atoms with Crippen LogP contribution in [0.3, 0.4) is 0 Å². The number of carbonyl (C=O) groups is 3. The second-order valence-corrected chi connectivity index (χ2v) is 9.97. The molecule has 1 saturated heterocycles. The lowest BCUT2D eigenvalue weighted by Crippen LogP contribution is -2.42. The van der Waals surface area contributed by atoms with Crippen LogP contribution in [0, 0.1) is 5.92 Å². The van der Waals surface area contributed by atoms with Crippen molar-refractivity contribution in [3.63, 3.8) is 0 Å². The molecule has 0 unspecified atom stereocenters. The first-order valence-corrected chi connectivity index (χ1v) is 12.7. The minimum atomic E-state index is -0.809. The number of nitrogens with zero attached hydrogens (tertiary/aromatic N) is 2. The third-order valence-corrected chi connectivity index (χ3v) is 5.61. The Hall–Kier alpha value is -3.04. The fraction of sp³-hybridized carbons (Fsp3) is 0.692. The zero-order chi connectivity index (χ0) is 27.0. The molecule has 0 spiro atoms. The normalized spacial score (nSPS) is 17.6. The van der Waals surface area contributed by atoms with Gasteiger partial charge in [0.15, 0.2) is 11.4 Å². The smallest absolute Gasteiger partial charge is 0.410 e. The van der Waals surface area contributed by atoms with Gasteiger partial charge in [0.05, 0.1) is 25.9 Å². The molecule has 0 radical (unpaired) electrons. The Labute approximate surface area is 212 Å². The summed E-state index contributed by atoms with van der Waals surface area (Å²) in [6.07, 6.45) is 2.95. The van der Waals surface area contributed by atoms with Crippen molar-refractivity contribution in [2.24, 2.45) is 5.92 Å². The molecule has 1 aromatic rings. The molecule has 0 bridgehead atoms. The van der Waals surface area contributed by atoms with Crippen LogP contribution in [0.2, 0.25) is 0 Å². The number of pyridine rings is 1. The van der Waals surface area contributed by atoms with Gasteiger partial charge >= 0.3 is 18.0 Å². The Kier molecular flexibility index (Phi) is 10.4. The molecule has 1 aliphatic heterocycles. The van der Waals surface area contributed by atoms with Gasteiger partial charge in [-0.3, -0.25) is 4.79 Å². The third-order valence-electron chi connectivity index (χ3n) is 5.61. The minimum absolute atomic E-state index is 0.0798. The first kappa shape index (κ1) is 29.2. The molecule has 2 heterocycles. The molecule has 0 aromatic carbocycles. The molecule has 1 amide bonds. The van der Waals surface area contributed by atoms with Crippen molar-refractivity contribution in [2.45, 2.75) is 85.9 Å². The van der Waals surface area contributed by atoms with Gasteiger partial charge in [-0.05, 0) is 53.4 Å². The van der Waals surface area contributed by atoms with Gasteiger partial charge in [-0.15, -0.1) is 0 Å². The molecule has 0 aliphatic carbocycles. The Bertz CT molecular complexity index is 995. The molecule has 1 aromatic heterocycles. The number of hydrogen-bond acceptors (Lipinski definition) is 8. The van der Waals surface area contributed by atoms with Crippen molar-refractivity contribution in [3.8, 4) is 5.75 Å². The Morgan fingerprint density at radius 1 is 1.06 bits per heavy atom. The van der Waals surface area contributed by atoms with E-state index in [4.69, 9.17) is 18.9 Å². The highest BCUT2D eigenvalue weighted by Gasteiger charge is 2.37. The van der Waals surface area contributed by atoms with Crippen LogP contribution in [0.15, 0.2) is 11.0 Å². The van der Waals surface area contributed by atoms with Crippen LogP contribution in [0.5, 0.6) is 5.75 Å². The average molecular weight is 509 g/mol. The monoisotopic (exact) mass is 508 g/mol. The lowest BCUT2D eigenvalue weighted by Gasteiger charge is -2.29. The van der Waals surface area contributed by atoms with Crippen molar-refractivity contribution in [1.82, 2.24) is 9.47 Å². The van der Waals surface area contributed by atoms with Crippen molar-refractivity contribution in [3.05, 3.63) is 27.7 Å². The second-order valence-electron chi connectivity index (χ2n) is 9.97. The van der Waals surface area contributed by atoms with Crippen LogP contribution in [-0.2, 0) is 20.8 Å². The topological polar surface area (TPSA) is 113 Å². The van der Waals surface area contributed by atoms with E-state index in [0.29, 0.717) is 19.4 Å². The maximum Gasteiger partial charge on any atom is 0.410 e. The maximum atomic E-state index is 13.2. The standard InChI is InChI=1S/C26H40N2O8/c1-8-11-12-35-22-20(24(31)34-10-3)27(16-19(21(22)29)23(30)33-9-2)15-18-13-17(4)14-28(18)25(32)36-26(5,6)7/h16-18H,8-15H2,1-7H3/t17-,18+/m1/s1. The predicted octanol–water partition coefficient (Wildman–Crippen LogP) is 4.03. The van der Waals surface area contributed by atoms with Crippen molar-refractivity contribution in [1.29, 1.82) is 0 Å². The lowest BCUT2D eigenvalue weighted by molar-refractivity contribution is 0.0208. The summed E-state index contributed by atoms with van der Waals surface area (Å²) in [6.45, 7) is 13.7. The van der Waals surface area contributed by atoms with Crippen molar-refractivity contribution in [2.75, 3.05) is 26.4 Å². The fourth-order valence-corrected chi connectivity index (χ4v) is 4.09. The van der Waals surface area contributed by atoms with Gasteiger partial charge in [-0.2, -0.15) is 0 Å². The highest BCUT2D eigenvalue weighted by molar-refractivity contribution is 5.94. The van der Waals surface area contributed by atoms with Gasteiger partial charge in [0.1, 0.15) is 11.2 Å². The van der Waals surface area contributed by atoms with E-state index in [9.17, 15) is 19.2 Å². The van der Waals surface area contributed by atoms with Crippen molar-refractivity contribution >= 4 is 18.0 Å². The van der Waals surface area contributed by atoms with E-state index in [0.717, 1.165) is 6.42 Å². The molecule has 1 fully saturated rings. The van der Waals surface area contributed by atoms with Crippen LogP contribution in [0.1, 0.15) is 88.6 Å². The van der Waals surface area contributed by atoms with E-state index in [1.165, 1.54) is 10.8 Å². The first-order chi connectivity index (χ1) is 16.9. The highest BCUT2D eigenvalue weighted by atomic mass is 16.6. The minimum Gasteiger partial charge on any atom is -0.487 e. The van der Waals surface area contributed by atoms with Crippen molar-refractivity contribution < 1.29 is 33.3 Å². The predicted molar refractivity (Wildman–Crippen MR) is 134 cm³/mol. The largest absolute Gasteiger partial charge is 0.487 e. The summed E-state index contributed by atoms with van der Waals surface area (Å²) >= 11 is 0. The summed E-state index contributed by atoms with van der Waals surface area (Å²) in [5.74, 6) is -1.61. The summed E-state index contributed by atoms with van der Waals surface area (Å²) in [4.78, 5) is 53.5. The first-order valence-electron chi connectivity index (χ1n) is 12.7. The van der Waals surface area contributed by atoms with Crippen LogP contribution in [0.4, 0.5) is 4.79 Å². The van der Waals surface area contributed by atoms with E-state index in [2.05, 4.69) is 0 Å². The maximum absolute atomic E-state index is 13.2. The number of esters is 2. The molecule has 10 nitrogen and oxygen atoms in total. The van der Waals surface area contributed by atoms with Gasteiger partial charge in [0.25, 0.3) is 0 Å². The zero-order valence-corrected chi connectivity index (χ0v) is 22.5. The number of likely N-dealkylation sites (tertiary alicyclic amines) is 1. The number of hydrogen-bond donors (Lipinski definition) is 0. The molecule has 202 valence electrons. The molecule has 0 saturated carbocycles. The molecule has 2 rings (SSSR count). The van der Waals surface area contributed by atoms with E-state index in [1.807, 2.05) is 13.8 Å². The van der Waals surface area contributed by atoms with Gasteiger partial charge in [0.2, 0.25) is 5.43 Å². The molecule has 36 heavy (non-hydrogen) atoms. The third kappa shape index (κ3) is 7.48. The number of aromatic nitrogens is 1. The number of unbranched alkanes of at least 4 members (excludes halogenated alkanes) is 1. The van der Waals surface area contributed by atoms with E-state index < -0.39 is 29.1 Å². The summed E-state index contributed by atoms with van der Waals surface area (Å²) < 4.78 is 23.2. The number of amides is 1. The number of ether oxygens (including phenoxy) is 4. The number of rotatable bonds is 10. The quantitative estimate of drug-likeness (QED) is 0.264. The van der Waals surface area contributed by atoms with Gasteiger partial charge in [-0.25, -0.2) is 14.4 Å². The second kappa shape index (κ2) is 12.8. The highest BCUT2D eigenvalue weighted by Crippen LogP contribution is 2.28. The van der Waals surface area contributed by atoms with E-state index in [1.54, 1.807) is 39.5 Å². The molecular weight excluding hydrogens is 468 g/mol. The lowest BCUT2D eigenvalue weighted by atomic mass is 10.1. The summed E-state index contributed by atoms with van der Waals surface area (Å²) in [7, 11) is 0. The average Bonchev–Trinajstić information content (AvgIpc) is 3.15. The summed E-state index contributed by atoms with van der Waals surface area (Å²) in [5, 5.41) is 0. The SMILES string of the molecule is CCCCOc1c(C(=O)OCC)n(C[C@@H]2C[C@@H](C)CN2C(=O)OC(C)(C)C)cc(C(=O)OCC)c1=O. The Balaban J connectivity index is 2.61. The molecule has 10 heteroatoms. The molecule has 2 atom stereocenters. The van der Waals surface area contributed by atoms with E-state index >= 15 is 0 Å². The van der Waals surface area contributed by atoms with E-state index in [-0.39, 0.29) is 55.3 Å². The van der Waals surface area contributed by atoms with Crippen LogP contribution in [-0.4, -0.2) is 65.5 Å². The zero-order valence-electron chi connectivity index (χ0n) is 22.5. The Morgan fingerprint density at radius 3 is 2.28 bits per heavy atom. The summed E-state index contributed by atoms with van der Waals surface area (Å²) in [5.41, 5.74) is -1.73. The fourth-order valence-electron chi connectivity index (χ4n) is 4.09.